The molecular formula is C18H29N3. The van der Waals surface area contributed by atoms with Crippen molar-refractivity contribution < 1.29 is 0 Å². The van der Waals surface area contributed by atoms with E-state index in [1.807, 2.05) is 0 Å². The van der Waals surface area contributed by atoms with E-state index in [0.29, 0.717) is 0 Å². The fraction of sp³-hybridized carbons (Fsp3) is 0.667. The molecule has 0 spiro atoms. The maximum Gasteiger partial charge on any atom is 0.0237 e. The van der Waals surface area contributed by atoms with Gasteiger partial charge in [0.1, 0.15) is 0 Å². The second-order valence-corrected chi connectivity index (χ2v) is 6.83. The van der Waals surface area contributed by atoms with Gasteiger partial charge < -0.3 is 5.32 Å². The van der Waals surface area contributed by atoms with Crippen LogP contribution in [0.15, 0.2) is 12.1 Å². The quantitative estimate of drug-likeness (QED) is 0.918. The number of nitrogens with one attached hydrogen (secondary N) is 1. The molecule has 0 aliphatic carbocycles. The summed E-state index contributed by atoms with van der Waals surface area (Å²) in [6, 6.07) is 5.51. The summed E-state index contributed by atoms with van der Waals surface area (Å²) in [5, 5.41) is 3.45. The zero-order valence-electron chi connectivity index (χ0n) is 13.8. The van der Waals surface area contributed by atoms with Crippen molar-refractivity contribution >= 4 is 0 Å². The van der Waals surface area contributed by atoms with Crippen molar-refractivity contribution in [2.75, 3.05) is 39.3 Å². The fourth-order valence-corrected chi connectivity index (χ4v) is 3.73. The molecule has 2 aliphatic rings. The van der Waals surface area contributed by atoms with Gasteiger partial charge in [-0.05, 0) is 49.4 Å². The molecule has 3 nitrogen and oxygen atoms in total. The van der Waals surface area contributed by atoms with E-state index in [9.17, 15) is 0 Å². The first-order valence-corrected chi connectivity index (χ1v) is 8.37. The maximum atomic E-state index is 3.45. The van der Waals surface area contributed by atoms with Crippen molar-refractivity contribution in [2.24, 2.45) is 0 Å². The molecule has 0 amide bonds. The van der Waals surface area contributed by atoms with Gasteiger partial charge in [-0.2, -0.15) is 0 Å². The third-order valence-corrected chi connectivity index (χ3v) is 5.26. The van der Waals surface area contributed by atoms with Crippen molar-refractivity contribution in [3.63, 3.8) is 0 Å². The van der Waals surface area contributed by atoms with Gasteiger partial charge in [-0.25, -0.2) is 0 Å². The summed E-state index contributed by atoms with van der Waals surface area (Å²) in [6.45, 7) is 15.1. The predicted octanol–water partition coefficient (Wildman–Crippen LogP) is 2.09. The molecule has 0 bridgehead atoms. The van der Waals surface area contributed by atoms with E-state index in [0.717, 1.165) is 25.7 Å². The lowest BCUT2D eigenvalue weighted by Gasteiger charge is -2.32. The summed E-state index contributed by atoms with van der Waals surface area (Å²) in [6.07, 6.45) is 1.34. The summed E-state index contributed by atoms with van der Waals surface area (Å²) in [4.78, 5) is 5.33. The van der Waals surface area contributed by atoms with E-state index in [-0.39, 0.29) is 0 Å². The lowest BCUT2D eigenvalue weighted by atomic mass is 10.0. The highest BCUT2D eigenvalue weighted by Crippen LogP contribution is 2.22. The Morgan fingerprint density at radius 2 is 1.71 bits per heavy atom. The molecule has 1 atom stereocenters. The lowest BCUT2D eigenvalue weighted by Crippen LogP contribution is -2.49. The first-order chi connectivity index (χ1) is 10.1. The minimum atomic E-state index is 0.777. The van der Waals surface area contributed by atoms with Crippen LogP contribution in [0.3, 0.4) is 0 Å². The molecule has 2 saturated heterocycles. The number of likely N-dealkylation sites (tertiary alicyclic amines) is 1. The largest absolute Gasteiger partial charge is 0.314 e. The smallest absolute Gasteiger partial charge is 0.0237 e. The molecule has 1 unspecified atom stereocenters. The van der Waals surface area contributed by atoms with E-state index in [4.69, 9.17) is 0 Å². The molecule has 0 radical (unpaired) electrons. The van der Waals surface area contributed by atoms with Crippen LogP contribution in [0.25, 0.3) is 0 Å². The van der Waals surface area contributed by atoms with Crippen LogP contribution < -0.4 is 5.32 Å². The third kappa shape index (κ3) is 3.47. The van der Waals surface area contributed by atoms with E-state index in [2.05, 4.69) is 48.0 Å². The monoisotopic (exact) mass is 287 g/mol. The predicted molar refractivity (Wildman–Crippen MR) is 88.8 cm³/mol. The minimum absolute atomic E-state index is 0.777. The van der Waals surface area contributed by atoms with E-state index in [1.54, 1.807) is 0 Å². The lowest BCUT2D eigenvalue weighted by molar-refractivity contribution is 0.170. The average Bonchev–Trinajstić information content (AvgIpc) is 2.94. The van der Waals surface area contributed by atoms with Gasteiger partial charge in [0.2, 0.25) is 0 Å². The maximum absolute atomic E-state index is 3.45. The summed E-state index contributed by atoms with van der Waals surface area (Å²) in [5.74, 6) is 0. The van der Waals surface area contributed by atoms with Crippen LogP contribution in [0.1, 0.15) is 28.7 Å². The molecule has 0 aromatic heterocycles. The highest BCUT2D eigenvalue weighted by Gasteiger charge is 2.28. The van der Waals surface area contributed by atoms with Crippen LogP contribution in [-0.4, -0.2) is 55.1 Å². The van der Waals surface area contributed by atoms with Crippen molar-refractivity contribution in [3.8, 4) is 0 Å². The zero-order chi connectivity index (χ0) is 14.8. The van der Waals surface area contributed by atoms with E-state index < -0.39 is 0 Å². The Bertz CT molecular complexity index is 491. The van der Waals surface area contributed by atoms with Gasteiger partial charge >= 0.3 is 0 Å². The number of aryl methyl sites for hydroxylation is 3. The Balaban J connectivity index is 1.60. The van der Waals surface area contributed by atoms with Crippen LogP contribution in [0.5, 0.6) is 0 Å². The normalized spacial score (nSPS) is 24.6. The second-order valence-electron chi connectivity index (χ2n) is 6.83. The van der Waals surface area contributed by atoms with Gasteiger partial charge in [0, 0.05) is 51.9 Å². The van der Waals surface area contributed by atoms with Crippen molar-refractivity contribution in [1.82, 2.24) is 15.1 Å². The van der Waals surface area contributed by atoms with Gasteiger partial charge in [0.05, 0.1) is 0 Å². The number of nitrogens with zero attached hydrogens (tertiary/aromatic N) is 2. The number of hydrogen-bond acceptors (Lipinski definition) is 3. The molecule has 2 heterocycles. The Morgan fingerprint density at radius 1 is 1.00 bits per heavy atom. The molecule has 3 rings (SSSR count). The van der Waals surface area contributed by atoms with Crippen molar-refractivity contribution in [3.05, 3.63) is 34.4 Å². The number of benzene rings is 1. The summed E-state index contributed by atoms with van der Waals surface area (Å²) >= 11 is 0. The van der Waals surface area contributed by atoms with Crippen LogP contribution >= 0.6 is 0 Å². The molecule has 0 saturated carbocycles. The molecule has 116 valence electrons. The molecule has 1 aromatic carbocycles. The van der Waals surface area contributed by atoms with Gasteiger partial charge in [0.25, 0.3) is 0 Å². The van der Waals surface area contributed by atoms with Crippen LogP contribution in [0.2, 0.25) is 0 Å². The Morgan fingerprint density at radius 3 is 2.48 bits per heavy atom. The van der Waals surface area contributed by atoms with E-state index >= 15 is 0 Å². The highest BCUT2D eigenvalue weighted by atomic mass is 15.3. The van der Waals surface area contributed by atoms with Crippen molar-refractivity contribution in [1.29, 1.82) is 0 Å². The van der Waals surface area contributed by atoms with Gasteiger partial charge in [-0.15, -0.1) is 0 Å². The second kappa shape index (κ2) is 6.47. The molecular weight excluding hydrogens is 258 g/mol. The molecule has 3 heteroatoms. The summed E-state index contributed by atoms with van der Waals surface area (Å²) in [5.41, 5.74) is 5.80. The SMILES string of the molecule is Cc1cc(C)c(CN2CCC(N3CCNCC3)C2)cc1C. The van der Waals surface area contributed by atoms with Gasteiger partial charge in [-0.3, -0.25) is 9.80 Å². The van der Waals surface area contributed by atoms with Crippen LogP contribution in [-0.2, 0) is 6.54 Å². The third-order valence-electron chi connectivity index (χ3n) is 5.26. The van der Waals surface area contributed by atoms with Gasteiger partial charge in [0.15, 0.2) is 0 Å². The van der Waals surface area contributed by atoms with Crippen molar-refractivity contribution in [2.45, 2.75) is 39.8 Å². The first kappa shape index (κ1) is 15.0. The minimum Gasteiger partial charge on any atom is -0.314 e. The number of hydrogen-bond donors (Lipinski definition) is 1. The Labute approximate surface area is 129 Å². The Kier molecular flexibility index (Phi) is 4.63. The molecule has 1 N–H and O–H groups in total. The summed E-state index contributed by atoms with van der Waals surface area (Å²) < 4.78 is 0. The molecule has 2 aliphatic heterocycles. The van der Waals surface area contributed by atoms with Gasteiger partial charge in [-0.1, -0.05) is 12.1 Å². The molecule has 21 heavy (non-hydrogen) atoms. The number of piperazine rings is 1. The zero-order valence-corrected chi connectivity index (χ0v) is 13.8. The Hall–Kier alpha value is -0.900. The highest BCUT2D eigenvalue weighted by molar-refractivity contribution is 5.36. The summed E-state index contributed by atoms with van der Waals surface area (Å²) in [7, 11) is 0. The first-order valence-electron chi connectivity index (χ1n) is 8.37. The fourth-order valence-electron chi connectivity index (χ4n) is 3.73. The number of rotatable bonds is 3. The topological polar surface area (TPSA) is 18.5 Å². The molecule has 2 fully saturated rings. The van der Waals surface area contributed by atoms with E-state index in [1.165, 1.54) is 54.9 Å². The average molecular weight is 287 g/mol. The standard InChI is InChI=1S/C18H29N3/c1-14-10-16(3)17(11-15(14)2)12-20-7-4-18(13-20)21-8-5-19-6-9-21/h10-11,18-19H,4-9,12-13H2,1-3H3. The van der Waals surface area contributed by atoms with Crippen LogP contribution in [0.4, 0.5) is 0 Å². The molecule has 1 aromatic rings. The van der Waals surface area contributed by atoms with Crippen LogP contribution in [0, 0.1) is 20.8 Å².